The van der Waals surface area contributed by atoms with Crippen molar-refractivity contribution in [3.8, 4) is 0 Å². The Kier molecular flexibility index (Phi) is 4.19. The molecule has 4 nitrogen and oxygen atoms in total. The smallest absolute Gasteiger partial charge is 0.258 e. The van der Waals surface area contributed by atoms with Gasteiger partial charge in [-0.15, -0.1) is 0 Å². The first-order valence-electron chi connectivity index (χ1n) is 7.26. The molecule has 1 aromatic heterocycles. The molecule has 1 heterocycles. The van der Waals surface area contributed by atoms with Gasteiger partial charge >= 0.3 is 0 Å². The Morgan fingerprint density at radius 1 is 1.22 bits per heavy atom. The average Bonchev–Trinajstić information content (AvgIpc) is 3.00. The summed E-state index contributed by atoms with van der Waals surface area (Å²) in [7, 11) is 0. The molecule has 0 atom stereocenters. The Morgan fingerprint density at radius 2 is 2.00 bits per heavy atom. The van der Waals surface area contributed by atoms with Crippen molar-refractivity contribution in [2.45, 2.75) is 13.5 Å². The van der Waals surface area contributed by atoms with Crippen LogP contribution >= 0.6 is 0 Å². The minimum absolute atomic E-state index is 0.172. The van der Waals surface area contributed by atoms with Crippen LogP contribution < -0.4 is 5.32 Å². The van der Waals surface area contributed by atoms with E-state index in [9.17, 15) is 9.18 Å². The van der Waals surface area contributed by atoms with E-state index in [1.807, 2.05) is 37.3 Å². The number of hydrogen-bond acceptors (Lipinski definition) is 2. The van der Waals surface area contributed by atoms with Gasteiger partial charge in [-0.3, -0.25) is 9.48 Å². The van der Waals surface area contributed by atoms with E-state index in [4.69, 9.17) is 0 Å². The second kappa shape index (κ2) is 6.44. The van der Waals surface area contributed by atoms with E-state index in [-0.39, 0.29) is 11.6 Å². The Balaban J connectivity index is 1.72. The third-order valence-corrected chi connectivity index (χ3v) is 3.45. The second-order valence-corrected chi connectivity index (χ2v) is 5.35. The molecule has 0 unspecified atom stereocenters. The van der Waals surface area contributed by atoms with Crippen molar-refractivity contribution in [3.05, 3.63) is 83.4 Å². The highest BCUT2D eigenvalue weighted by Crippen LogP contribution is 2.16. The summed E-state index contributed by atoms with van der Waals surface area (Å²) in [5.41, 5.74) is 2.53. The molecule has 5 heteroatoms. The number of amides is 1. The molecule has 2 aromatic carbocycles. The van der Waals surface area contributed by atoms with Crippen LogP contribution in [0.4, 0.5) is 10.1 Å². The summed E-state index contributed by atoms with van der Waals surface area (Å²) in [6.45, 7) is 2.42. The Bertz CT molecular complexity index is 827. The van der Waals surface area contributed by atoms with E-state index in [1.165, 1.54) is 12.3 Å². The molecule has 0 bridgehead atoms. The largest absolute Gasteiger partial charge is 0.319 e. The lowest BCUT2D eigenvalue weighted by molar-refractivity contribution is 0.102. The number of carbonyl (C=O) groups is 1. The van der Waals surface area contributed by atoms with Crippen LogP contribution in [-0.4, -0.2) is 15.7 Å². The molecule has 1 N–H and O–H groups in total. The van der Waals surface area contributed by atoms with Gasteiger partial charge in [0.15, 0.2) is 0 Å². The van der Waals surface area contributed by atoms with Gasteiger partial charge in [0.1, 0.15) is 5.82 Å². The van der Waals surface area contributed by atoms with E-state index in [0.29, 0.717) is 12.1 Å². The predicted molar refractivity (Wildman–Crippen MR) is 86.9 cm³/mol. The van der Waals surface area contributed by atoms with Gasteiger partial charge in [-0.2, -0.15) is 5.10 Å². The molecule has 3 rings (SSSR count). The molecule has 0 aliphatic heterocycles. The minimum Gasteiger partial charge on any atom is -0.319 e. The van der Waals surface area contributed by atoms with Crippen LogP contribution in [0.3, 0.4) is 0 Å². The molecule has 116 valence electrons. The molecule has 1 amide bonds. The van der Waals surface area contributed by atoms with Gasteiger partial charge in [-0.1, -0.05) is 36.4 Å². The zero-order chi connectivity index (χ0) is 16.2. The number of hydrogen-bond donors (Lipinski definition) is 1. The molecule has 0 spiro atoms. The molecule has 0 aliphatic carbocycles. The third kappa shape index (κ3) is 3.63. The molecule has 23 heavy (non-hydrogen) atoms. The molecule has 0 saturated carbocycles. The third-order valence-electron chi connectivity index (χ3n) is 3.45. The Morgan fingerprint density at radius 3 is 2.78 bits per heavy atom. The lowest BCUT2D eigenvalue weighted by atomic mass is 10.2. The summed E-state index contributed by atoms with van der Waals surface area (Å²) >= 11 is 0. The lowest BCUT2D eigenvalue weighted by Crippen LogP contribution is -2.12. The topological polar surface area (TPSA) is 46.9 Å². The normalized spacial score (nSPS) is 10.5. The standard InChI is InChI=1S/C18H16FN3O/c1-13-7-8-16(19)17(9-13)21-18(23)15-10-20-22(12-15)11-14-5-3-2-4-6-14/h2-10,12H,11H2,1H3,(H,21,23). The van der Waals surface area contributed by atoms with Gasteiger partial charge in [-0.05, 0) is 30.2 Å². The summed E-state index contributed by atoms with van der Waals surface area (Å²) in [5.74, 6) is -0.838. The van der Waals surface area contributed by atoms with Crippen LogP contribution in [0, 0.1) is 12.7 Å². The fraction of sp³-hybridized carbons (Fsp3) is 0.111. The monoisotopic (exact) mass is 309 g/mol. The number of halogens is 1. The Labute approximate surface area is 133 Å². The van der Waals surface area contributed by atoms with Crippen LogP contribution in [0.1, 0.15) is 21.5 Å². The Hall–Kier alpha value is -2.95. The first-order chi connectivity index (χ1) is 11.1. The SMILES string of the molecule is Cc1ccc(F)c(NC(=O)c2cnn(Cc3ccccc3)c2)c1. The van der Waals surface area contributed by atoms with Crippen molar-refractivity contribution < 1.29 is 9.18 Å². The van der Waals surface area contributed by atoms with Crippen LogP contribution in [0.25, 0.3) is 0 Å². The van der Waals surface area contributed by atoms with E-state index >= 15 is 0 Å². The summed E-state index contributed by atoms with van der Waals surface area (Å²) in [5, 5.41) is 6.75. The highest BCUT2D eigenvalue weighted by molar-refractivity contribution is 6.04. The van der Waals surface area contributed by atoms with Crippen molar-refractivity contribution in [1.29, 1.82) is 0 Å². The van der Waals surface area contributed by atoms with E-state index in [1.54, 1.807) is 23.0 Å². The van der Waals surface area contributed by atoms with Gasteiger partial charge in [0.25, 0.3) is 5.91 Å². The van der Waals surface area contributed by atoms with Gasteiger partial charge in [-0.25, -0.2) is 4.39 Å². The van der Waals surface area contributed by atoms with Crippen LogP contribution in [-0.2, 0) is 6.54 Å². The van der Waals surface area contributed by atoms with Crippen LogP contribution in [0.2, 0.25) is 0 Å². The van der Waals surface area contributed by atoms with Crippen molar-refractivity contribution in [1.82, 2.24) is 9.78 Å². The number of rotatable bonds is 4. The van der Waals surface area contributed by atoms with Crippen LogP contribution in [0.15, 0.2) is 60.9 Å². The van der Waals surface area contributed by atoms with E-state index in [0.717, 1.165) is 11.1 Å². The maximum atomic E-state index is 13.7. The number of nitrogens with zero attached hydrogens (tertiary/aromatic N) is 2. The van der Waals surface area contributed by atoms with Gasteiger partial charge in [0.05, 0.1) is 24.0 Å². The zero-order valence-corrected chi connectivity index (χ0v) is 12.7. The lowest BCUT2D eigenvalue weighted by Gasteiger charge is -2.06. The summed E-state index contributed by atoms with van der Waals surface area (Å²) < 4.78 is 15.4. The molecule has 0 fully saturated rings. The molecule has 0 radical (unpaired) electrons. The van der Waals surface area contributed by atoms with Crippen LogP contribution in [0.5, 0.6) is 0 Å². The molecule has 0 saturated heterocycles. The van der Waals surface area contributed by atoms with Crippen molar-refractivity contribution in [2.75, 3.05) is 5.32 Å². The van der Waals surface area contributed by atoms with E-state index in [2.05, 4.69) is 10.4 Å². The molecular weight excluding hydrogens is 293 g/mol. The minimum atomic E-state index is -0.458. The quantitative estimate of drug-likeness (QED) is 0.800. The first-order valence-corrected chi connectivity index (χ1v) is 7.26. The summed E-state index contributed by atoms with van der Waals surface area (Å²) in [4.78, 5) is 12.2. The highest BCUT2D eigenvalue weighted by Gasteiger charge is 2.12. The van der Waals surface area contributed by atoms with Crippen molar-refractivity contribution in [3.63, 3.8) is 0 Å². The number of aromatic nitrogens is 2. The van der Waals surface area contributed by atoms with Gasteiger partial charge < -0.3 is 5.32 Å². The molecule has 3 aromatic rings. The number of anilines is 1. The fourth-order valence-corrected chi connectivity index (χ4v) is 2.27. The van der Waals surface area contributed by atoms with E-state index < -0.39 is 5.82 Å². The maximum absolute atomic E-state index is 13.7. The van der Waals surface area contributed by atoms with Gasteiger partial charge in [0.2, 0.25) is 0 Å². The maximum Gasteiger partial charge on any atom is 0.258 e. The predicted octanol–water partition coefficient (Wildman–Crippen LogP) is 3.63. The number of carbonyl (C=O) groups excluding carboxylic acids is 1. The number of benzene rings is 2. The number of aryl methyl sites for hydroxylation is 1. The average molecular weight is 309 g/mol. The van der Waals surface area contributed by atoms with Crippen molar-refractivity contribution in [2.24, 2.45) is 0 Å². The number of nitrogens with one attached hydrogen (secondary N) is 1. The van der Waals surface area contributed by atoms with Crippen molar-refractivity contribution >= 4 is 11.6 Å². The van der Waals surface area contributed by atoms with Gasteiger partial charge in [0, 0.05) is 6.20 Å². The second-order valence-electron chi connectivity index (χ2n) is 5.35. The highest BCUT2D eigenvalue weighted by atomic mass is 19.1. The molecular formula is C18H16FN3O. The zero-order valence-electron chi connectivity index (χ0n) is 12.7. The summed E-state index contributed by atoms with van der Waals surface area (Å²) in [6.07, 6.45) is 3.13. The first kappa shape index (κ1) is 15.0. The summed E-state index contributed by atoms with van der Waals surface area (Å²) in [6, 6.07) is 14.4. The fourth-order valence-electron chi connectivity index (χ4n) is 2.27. The molecule has 0 aliphatic rings.